The molecule has 0 heterocycles. The average molecular weight is 368 g/mol. The quantitative estimate of drug-likeness (QED) is 0.464. The van der Waals surface area contributed by atoms with Gasteiger partial charge in [0, 0.05) is 10.3 Å². The molecule has 138 valence electrons. The molecule has 1 aromatic carbocycles. The molecule has 3 heteroatoms. The highest BCUT2D eigenvalue weighted by Crippen LogP contribution is 2.59. The highest BCUT2D eigenvalue weighted by atomic mass is 31.1. The van der Waals surface area contributed by atoms with Crippen molar-refractivity contribution >= 4 is 16.1 Å². The summed E-state index contributed by atoms with van der Waals surface area (Å²) in [6.07, 6.45) is 1.20. The lowest BCUT2D eigenvalue weighted by molar-refractivity contribution is 0.533. The van der Waals surface area contributed by atoms with Crippen molar-refractivity contribution in [2.75, 3.05) is 0 Å². The third-order valence-electron chi connectivity index (χ3n) is 4.01. The average Bonchev–Trinajstić information content (AvgIpc) is 2.39. The maximum atomic E-state index is 6.56. The van der Waals surface area contributed by atoms with E-state index in [1.165, 1.54) is 11.7 Å². The normalized spacial score (nSPS) is 13.4. The lowest BCUT2D eigenvalue weighted by atomic mass is 10.2. The van der Waals surface area contributed by atoms with Crippen molar-refractivity contribution in [1.29, 1.82) is 0 Å². The number of hydrogen-bond donors (Lipinski definition) is 0. The molecule has 1 rings (SSSR count). The van der Waals surface area contributed by atoms with Crippen molar-refractivity contribution in [1.82, 2.24) is 0 Å². The molecule has 0 fully saturated rings. The van der Waals surface area contributed by atoms with Crippen LogP contribution in [0.3, 0.4) is 0 Å². The Balaban J connectivity index is 2.99. The highest BCUT2D eigenvalue weighted by Gasteiger charge is 2.37. The van der Waals surface area contributed by atoms with Gasteiger partial charge in [-0.3, -0.25) is 0 Å². The fraction of sp³-hybridized carbons (Fsp3) is 0.714. The summed E-state index contributed by atoms with van der Waals surface area (Å²) in [7, 11) is -0.554. The summed E-state index contributed by atoms with van der Waals surface area (Å²) in [4.78, 5) is 0. The monoisotopic (exact) mass is 368 g/mol. The smallest absolute Gasteiger partial charge is 0.123 e. The van der Waals surface area contributed by atoms with Gasteiger partial charge < -0.3 is 4.52 Å². The van der Waals surface area contributed by atoms with Gasteiger partial charge in [0.2, 0.25) is 0 Å². The maximum absolute atomic E-state index is 6.56. The molecule has 0 amide bonds. The minimum Gasteiger partial charge on any atom is -0.473 e. The SMILES string of the molecule is CC(C)P(Cc1cccc(OP(C(C)(C)C)C(C)(C)C)c1)C(C)C. The Kier molecular flexibility index (Phi) is 7.77. The van der Waals surface area contributed by atoms with E-state index in [-0.39, 0.29) is 18.2 Å². The van der Waals surface area contributed by atoms with Gasteiger partial charge in [-0.25, -0.2) is 0 Å². The largest absolute Gasteiger partial charge is 0.473 e. The number of hydrogen-bond acceptors (Lipinski definition) is 1. The highest BCUT2D eigenvalue weighted by molar-refractivity contribution is 7.58. The van der Waals surface area contributed by atoms with Crippen molar-refractivity contribution < 1.29 is 4.52 Å². The zero-order valence-electron chi connectivity index (χ0n) is 17.5. The van der Waals surface area contributed by atoms with Gasteiger partial charge in [0.1, 0.15) is 5.75 Å². The second kappa shape index (κ2) is 8.51. The topological polar surface area (TPSA) is 9.23 Å². The lowest BCUT2D eigenvalue weighted by Gasteiger charge is -2.39. The van der Waals surface area contributed by atoms with E-state index in [9.17, 15) is 0 Å². The fourth-order valence-corrected chi connectivity index (χ4v) is 8.68. The maximum Gasteiger partial charge on any atom is 0.123 e. The second-order valence-corrected chi connectivity index (χ2v) is 16.1. The summed E-state index contributed by atoms with van der Waals surface area (Å²) < 4.78 is 6.56. The molecule has 0 radical (unpaired) electrons. The Morgan fingerprint density at radius 1 is 0.875 bits per heavy atom. The Morgan fingerprint density at radius 2 is 1.38 bits per heavy atom. The number of benzene rings is 1. The Bertz CT molecular complexity index is 487. The molecule has 0 bridgehead atoms. The molecule has 0 aliphatic rings. The first-order chi connectivity index (χ1) is 10.8. The van der Waals surface area contributed by atoms with E-state index in [0.29, 0.717) is 0 Å². The summed E-state index contributed by atoms with van der Waals surface area (Å²) in [5.74, 6) is 1.05. The van der Waals surface area contributed by atoms with Gasteiger partial charge in [0.05, 0.1) is 8.15 Å². The molecule has 1 nitrogen and oxygen atoms in total. The van der Waals surface area contributed by atoms with Gasteiger partial charge in [0.15, 0.2) is 0 Å². The molecule has 0 atom stereocenters. The lowest BCUT2D eigenvalue weighted by Crippen LogP contribution is -2.27. The van der Waals surface area contributed by atoms with Crippen LogP contribution in [0.5, 0.6) is 5.75 Å². The molecule has 0 N–H and O–H groups in total. The summed E-state index contributed by atoms with van der Waals surface area (Å²) in [6, 6.07) is 8.84. The van der Waals surface area contributed by atoms with E-state index >= 15 is 0 Å². The first kappa shape index (κ1) is 21.9. The van der Waals surface area contributed by atoms with Crippen LogP contribution in [0.15, 0.2) is 24.3 Å². The van der Waals surface area contributed by atoms with Gasteiger partial charge in [0.25, 0.3) is 0 Å². The molecule has 0 aliphatic heterocycles. The fourth-order valence-electron chi connectivity index (χ4n) is 3.26. The summed E-state index contributed by atoms with van der Waals surface area (Å²) in [5.41, 5.74) is 2.97. The molecule has 0 saturated carbocycles. The van der Waals surface area contributed by atoms with E-state index in [1.54, 1.807) is 0 Å². The van der Waals surface area contributed by atoms with Crippen LogP contribution in [0.1, 0.15) is 74.8 Å². The standard InChI is InChI=1S/C21H38OP2/c1-16(2)23(17(3)4)15-18-12-11-13-19(14-18)22-24(20(5,6)7)21(8,9)10/h11-14,16-17H,15H2,1-10H3. The molecule has 0 spiro atoms. The van der Waals surface area contributed by atoms with Crippen LogP contribution < -0.4 is 4.52 Å². The summed E-state index contributed by atoms with van der Waals surface area (Å²) in [5, 5.41) is 0.345. The molecule has 0 unspecified atom stereocenters. The molecule has 1 aromatic rings. The van der Waals surface area contributed by atoms with Crippen molar-refractivity contribution in [3.05, 3.63) is 29.8 Å². The zero-order valence-corrected chi connectivity index (χ0v) is 19.3. The predicted octanol–water partition coefficient (Wildman–Crippen LogP) is 7.86. The minimum absolute atomic E-state index is 0.0169. The molecular weight excluding hydrogens is 330 g/mol. The summed E-state index contributed by atoms with van der Waals surface area (Å²) >= 11 is 0. The molecule has 0 saturated heterocycles. The van der Waals surface area contributed by atoms with Crippen LogP contribution >= 0.6 is 16.1 Å². The third kappa shape index (κ3) is 6.65. The van der Waals surface area contributed by atoms with E-state index in [1.807, 2.05) is 0 Å². The van der Waals surface area contributed by atoms with Crippen LogP contribution in [-0.4, -0.2) is 21.6 Å². The van der Waals surface area contributed by atoms with Gasteiger partial charge in [-0.1, -0.05) is 89.3 Å². The van der Waals surface area contributed by atoms with Crippen LogP contribution in [0.25, 0.3) is 0 Å². The molecule has 0 aromatic heterocycles. The van der Waals surface area contributed by atoms with E-state index in [4.69, 9.17) is 4.52 Å². The van der Waals surface area contributed by atoms with Crippen LogP contribution in [0.4, 0.5) is 0 Å². The van der Waals surface area contributed by atoms with Gasteiger partial charge in [-0.2, -0.15) is 0 Å². The van der Waals surface area contributed by atoms with Crippen LogP contribution in [0.2, 0.25) is 0 Å². The zero-order chi connectivity index (χ0) is 18.7. The van der Waals surface area contributed by atoms with Crippen molar-refractivity contribution in [3.63, 3.8) is 0 Å². The van der Waals surface area contributed by atoms with Crippen molar-refractivity contribution in [2.45, 2.75) is 97.0 Å². The molecule has 0 aliphatic carbocycles. The Hall–Kier alpha value is -0.120. The van der Waals surface area contributed by atoms with Gasteiger partial charge in [-0.05, 0) is 35.2 Å². The van der Waals surface area contributed by atoms with Crippen LogP contribution in [-0.2, 0) is 6.16 Å². The van der Waals surface area contributed by atoms with Gasteiger partial charge in [-0.15, -0.1) is 0 Å². The Labute approximate surface area is 153 Å². The van der Waals surface area contributed by atoms with E-state index < -0.39 is 8.15 Å². The minimum atomic E-state index is -0.571. The summed E-state index contributed by atoms with van der Waals surface area (Å²) in [6.45, 7) is 23.2. The van der Waals surface area contributed by atoms with Crippen molar-refractivity contribution in [2.24, 2.45) is 0 Å². The first-order valence-corrected chi connectivity index (χ1v) is 12.1. The molecular formula is C21H38OP2. The van der Waals surface area contributed by atoms with E-state index in [0.717, 1.165) is 17.1 Å². The Morgan fingerprint density at radius 3 is 1.79 bits per heavy atom. The molecule has 24 heavy (non-hydrogen) atoms. The third-order valence-corrected chi connectivity index (χ3v) is 10.2. The first-order valence-electron chi connectivity index (χ1n) is 9.15. The number of rotatable bonds is 6. The second-order valence-electron chi connectivity index (χ2n) is 9.23. The van der Waals surface area contributed by atoms with Gasteiger partial charge >= 0.3 is 0 Å². The van der Waals surface area contributed by atoms with Crippen LogP contribution in [0, 0.1) is 0 Å². The van der Waals surface area contributed by atoms with Crippen molar-refractivity contribution in [3.8, 4) is 5.75 Å². The van der Waals surface area contributed by atoms with E-state index in [2.05, 4.69) is 93.5 Å². The predicted molar refractivity (Wildman–Crippen MR) is 114 cm³/mol.